The van der Waals surface area contributed by atoms with Crippen LogP contribution in [0.1, 0.15) is 115 Å². The summed E-state index contributed by atoms with van der Waals surface area (Å²) in [5.41, 5.74) is 0.224. The first-order valence-corrected chi connectivity index (χ1v) is 21.8. The molecule has 14 nitrogen and oxygen atoms in total. The molecule has 3 rings (SSSR count). The zero-order valence-electron chi connectivity index (χ0n) is 38.7. The highest BCUT2D eigenvalue weighted by atomic mass is 16.7. The number of carbonyl (C=O) groups is 2. The Morgan fingerprint density at radius 3 is 2.25 bits per heavy atom. The van der Waals surface area contributed by atoms with Crippen LogP contribution < -0.4 is 0 Å². The van der Waals surface area contributed by atoms with Gasteiger partial charge in [-0.3, -0.25) is 4.79 Å². The lowest BCUT2D eigenvalue weighted by Gasteiger charge is -2.47. The van der Waals surface area contributed by atoms with Gasteiger partial charge >= 0.3 is 11.9 Å². The van der Waals surface area contributed by atoms with E-state index < -0.39 is 96.6 Å². The Morgan fingerprint density at radius 1 is 0.984 bits per heavy atom. The van der Waals surface area contributed by atoms with E-state index in [4.69, 9.17) is 33.2 Å². The van der Waals surface area contributed by atoms with Crippen molar-refractivity contribution in [2.45, 2.75) is 194 Å². The van der Waals surface area contributed by atoms with E-state index >= 15 is 0 Å². The summed E-state index contributed by atoms with van der Waals surface area (Å²) < 4.78 is 41.8. The van der Waals surface area contributed by atoms with Crippen LogP contribution in [0.3, 0.4) is 0 Å². The molecule has 61 heavy (non-hydrogen) atoms. The normalized spacial score (nSPS) is 38.0. The van der Waals surface area contributed by atoms with Gasteiger partial charge in [-0.05, 0) is 92.2 Å². The Kier molecular flexibility index (Phi) is 20.0. The summed E-state index contributed by atoms with van der Waals surface area (Å²) in [5, 5.41) is 54.9. The number of ether oxygens (including phenoxy) is 7. The second-order valence-corrected chi connectivity index (χ2v) is 18.3. The van der Waals surface area contributed by atoms with Gasteiger partial charge in [0.2, 0.25) is 0 Å². The quantitative estimate of drug-likeness (QED) is 0.121. The SMILES string of the molecule is CCCC1C/C=C/C=C(\COC2OC(C)C(O)C(O)C2OC)C(=O)OC(C(C)(C)O)C/C=C(C)/C=C(\C)C(OC2OC(C)(C)C(OC(=O)C(C)C)C(O)C2O)C(CC)C=C1C. The van der Waals surface area contributed by atoms with Gasteiger partial charge in [-0.25, -0.2) is 4.79 Å². The lowest BCUT2D eigenvalue weighted by Crippen LogP contribution is -2.64. The summed E-state index contributed by atoms with van der Waals surface area (Å²) in [6, 6.07) is 0. The number of allylic oxidation sites excluding steroid dienone is 6. The standard InChI is InChI=1S/C47H76O14/c1-14-18-32-19-16-17-20-33(25-56-45-40(55-13)36(49)35(48)30(8)57-45)43(53)58-34(46(9,10)54)22-21-27(5)23-29(7)39(31(15-2)24-28(32)6)59-44-38(51)37(50)41(47(11,12)61-44)60-42(52)26(3)4/h16-17,20-21,23-24,26,30-32,34-41,44-45,48-51,54H,14-15,18-19,22,25H2,1-13H3/b17-16+,27-21+,28-24?,29-23+,33-20+. The number of methoxy groups -OCH3 is 1. The van der Waals surface area contributed by atoms with Gasteiger partial charge in [-0.1, -0.05) is 75.6 Å². The molecule has 3 aliphatic heterocycles. The molecule has 2 fully saturated rings. The number of cyclic esters (lactones) is 1. The van der Waals surface area contributed by atoms with E-state index in [1.165, 1.54) is 7.11 Å². The van der Waals surface area contributed by atoms with Crippen LogP contribution in [-0.4, -0.2) is 130 Å². The molecule has 348 valence electrons. The van der Waals surface area contributed by atoms with Crippen molar-refractivity contribution in [2.75, 3.05) is 13.7 Å². The lowest BCUT2D eigenvalue weighted by atomic mass is 9.85. The number of esters is 2. The van der Waals surface area contributed by atoms with Crippen LogP contribution in [0.4, 0.5) is 0 Å². The predicted octanol–water partition coefficient (Wildman–Crippen LogP) is 5.53. The summed E-state index contributed by atoms with van der Waals surface area (Å²) in [6.07, 6.45) is 2.31. The van der Waals surface area contributed by atoms with Crippen molar-refractivity contribution in [1.82, 2.24) is 0 Å². The third-order valence-corrected chi connectivity index (χ3v) is 11.8. The zero-order chi connectivity index (χ0) is 46.0. The molecule has 14 heteroatoms. The summed E-state index contributed by atoms with van der Waals surface area (Å²) in [4.78, 5) is 26.5. The summed E-state index contributed by atoms with van der Waals surface area (Å²) in [6.45, 7) is 21.3. The van der Waals surface area contributed by atoms with Gasteiger partial charge in [-0.15, -0.1) is 0 Å². The van der Waals surface area contributed by atoms with Crippen molar-refractivity contribution in [3.8, 4) is 0 Å². The molecule has 0 aromatic heterocycles. The lowest BCUT2D eigenvalue weighted by molar-refractivity contribution is -0.333. The highest BCUT2D eigenvalue weighted by Crippen LogP contribution is 2.37. The number of carbonyl (C=O) groups excluding carboxylic acids is 2. The highest BCUT2D eigenvalue weighted by molar-refractivity contribution is 5.89. The second kappa shape index (κ2) is 23.3. The minimum atomic E-state index is -1.53. The number of hydrogen-bond acceptors (Lipinski definition) is 14. The van der Waals surface area contributed by atoms with Crippen molar-refractivity contribution in [3.63, 3.8) is 0 Å². The molecule has 13 unspecified atom stereocenters. The molecule has 0 spiro atoms. The molecule has 0 amide bonds. The average molecular weight is 865 g/mol. The molecular weight excluding hydrogens is 789 g/mol. The maximum Gasteiger partial charge on any atom is 0.336 e. The van der Waals surface area contributed by atoms with Crippen LogP contribution in [-0.2, 0) is 42.7 Å². The molecule has 0 aliphatic carbocycles. The van der Waals surface area contributed by atoms with Gasteiger partial charge in [0.1, 0.15) is 42.2 Å². The van der Waals surface area contributed by atoms with Gasteiger partial charge in [0.05, 0.1) is 35.9 Å². The predicted molar refractivity (Wildman–Crippen MR) is 230 cm³/mol. The molecule has 3 heterocycles. The highest BCUT2D eigenvalue weighted by Gasteiger charge is 2.53. The maximum atomic E-state index is 13.9. The number of rotatable bonds is 12. The Balaban J connectivity index is 2.07. The van der Waals surface area contributed by atoms with Crippen molar-refractivity contribution < 1.29 is 68.3 Å². The monoisotopic (exact) mass is 865 g/mol. The number of hydrogen-bond donors (Lipinski definition) is 5. The Hall–Kier alpha value is -2.76. The largest absolute Gasteiger partial charge is 0.456 e. The van der Waals surface area contributed by atoms with E-state index in [9.17, 15) is 35.1 Å². The molecule has 0 bridgehead atoms. The first kappa shape index (κ1) is 52.6. The fourth-order valence-electron chi connectivity index (χ4n) is 7.87. The zero-order valence-corrected chi connectivity index (χ0v) is 38.7. The minimum absolute atomic E-state index is 0.126. The fraction of sp³-hybridized carbons (Fsp3) is 0.745. The number of aliphatic hydroxyl groups excluding tert-OH is 4. The van der Waals surface area contributed by atoms with Crippen LogP contribution in [0.5, 0.6) is 0 Å². The topological polar surface area (TPSA) is 200 Å². The van der Waals surface area contributed by atoms with Crippen molar-refractivity contribution in [3.05, 3.63) is 58.7 Å². The smallest absolute Gasteiger partial charge is 0.336 e. The van der Waals surface area contributed by atoms with E-state index in [2.05, 4.69) is 26.8 Å². The molecule has 13 atom stereocenters. The van der Waals surface area contributed by atoms with E-state index in [0.717, 1.165) is 29.6 Å². The first-order chi connectivity index (χ1) is 28.5. The van der Waals surface area contributed by atoms with Gasteiger partial charge < -0.3 is 58.7 Å². The maximum absolute atomic E-state index is 13.9. The number of aliphatic hydroxyl groups is 5. The van der Waals surface area contributed by atoms with Gasteiger partial charge in [-0.2, -0.15) is 0 Å². The molecule has 0 aromatic carbocycles. The second-order valence-electron chi connectivity index (χ2n) is 18.3. The van der Waals surface area contributed by atoms with Crippen molar-refractivity contribution in [1.29, 1.82) is 0 Å². The Bertz CT molecular complexity index is 1590. The third kappa shape index (κ3) is 14.4. The molecule has 0 radical (unpaired) electrons. The summed E-state index contributed by atoms with van der Waals surface area (Å²) >= 11 is 0. The molecule has 3 aliphatic rings. The molecule has 0 aromatic rings. The summed E-state index contributed by atoms with van der Waals surface area (Å²) in [7, 11) is 1.37. The average Bonchev–Trinajstić information content (AvgIpc) is 3.18. The van der Waals surface area contributed by atoms with Crippen molar-refractivity contribution in [2.24, 2.45) is 17.8 Å². The van der Waals surface area contributed by atoms with Crippen LogP contribution >= 0.6 is 0 Å². The van der Waals surface area contributed by atoms with Crippen LogP contribution in [0.25, 0.3) is 0 Å². The molecule has 2 saturated heterocycles. The van der Waals surface area contributed by atoms with Crippen molar-refractivity contribution >= 4 is 11.9 Å². The van der Waals surface area contributed by atoms with E-state index in [-0.39, 0.29) is 30.4 Å². The van der Waals surface area contributed by atoms with E-state index in [0.29, 0.717) is 12.8 Å². The minimum Gasteiger partial charge on any atom is -0.456 e. The first-order valence-electron chi connectivity index (χ1n) is 21.8. The third-order valence-electron chi connectivity index (χ3n) is 11.8. The molecule has 0 saturated carbocycles. The summed E-state index contributed by atoms with van der Waals surface area (Å²) in [5.74, 6) is -1.74. The van der Waals surface area contributed by atoms with Gasteiger partial charge in [0.25, 0.3) is 0 Å². The van der Waals surface area contributed by atoms with Crippen LogP contribution in [0.2, 0.25) is 0 Å². The van der Waals surface area contributed by atoms with Crippen LogP contribution in [0.15, 0.2) is 58.7 Å². The fourth-order valence-corrected chi connectivity index (χ4v) is 7.87. The van der Waals surface area contributed by atoms with Crippen LogP contribution in [0, 0.1) is 17.8 Å². The van der Waals surface area contributed by atoms with Gasteiger partial charge in [0, 0.05) is 19.4 Å². The Labute approximate surface area is 363 Å². The van der Waals surface area contributed by atoms with E-state index in [1.54, 1.807) is 60.6 Å². The Morgan fingerprint density at radius 2 is 1.66 bits per heavy atom. The molecule has 5 N–H and O–H groups in total. The van der Waals surface area contributed by atoms with Gasteiger partial charge in [0.15, 0.2) is 18.7 Å². The van der Waals surface area contributed by atoms with E-state index in [1.807, 2.05) is 32.1 Å². The molecular formula is C47H76O14.